The normalized spacial score (nSPS) is 16.9. The van der Waals surface area contributed by atoms with E-state index in [1.165, 1.54) is 12.1 Å². The summed E-state index contributed by atoms with van der Waals surface area (Å²) < 4.78 is 28.1. The first-order chi connectivity index (χ1) is 11.3. The highest BCUT2D eigenvalue weighted by Gasteiger charge is 2.32. The summed E-state index contributed by atoms with van der Waals surface area (Å²) in [7, 11) is -3.90. The molecule has 3 rings (SSSR count). The number of nitro groups is 1. The van der Waals surface area contributed by atoms with Gasteiger partial charge in [-0.25, -0.2) is 13.1 Å². The lowest BCUT2D eigenvalue weighted by Gasteiger charge is -2.14. The quantitative estimate of drug-likeness (QED) is 0.615. The molecule has 24 heavy (non-hydrogen) atoms. The number of nitro benzene ring substituents is 1. The molecule has 0 spiro atoms. The molecule has 0 aromatic heterocycles. The van der Waals surface area contributed by atoms with Crippen LogP contribution in [-0.2, 0) is 10.0 Å². The molecule has 0 saturated carbocycles. The van der Waals surface area contributed by atoms with E-state index in [4.69, 9.17) is 0 Å². The number of Topliss-reactive ketones (excluding diaryl/α,β-unsaturated/α-hetero) is 1. The van der Waals surface area contributed by atoms with E-state index in [-0.39, 0.29) is 22.8 Å². The molecular weight excluding hydrogens is 400 g/mol. The van der Waals surface area contributed by atoms with Gasteiger partial charge in [0.05, 0.1) is 15.9 Å². The van der Waals surface area contributed by atoms with Crippen LogP contribution in [0.2, 0.25) is 0 Å². The Bertz CT molecular complexity index is 941. The Morgan fingerprint density at radius 1 is 1.17 bits per heavy atom. The van der Waals surface area contributed by atoms with Crippen molar-refractivity contribution in [2.24, 2.45) is 0 Å². The third kappa shape index (κ3) is 3.10. The monoisotopic (exact) mass is 410 g/mol. The molecule has 0 saturated heterocycles. The van der Waals surface area contributed by atoms with Crippen LogP contribution in [0.5, 0.6) is 0 Å². The van der Waals surface area contributed by atoms with Crippen molar-refractivity contribution in [3.63, 3.8) is 0 Å². The van der Waals surface area contributed by atoms with Crippen LogP contribution in [0.25, 0.3) is 0 Å². The van der Waals surface area contributed by atoms with Gasteiger partial charge >= 0.3 is 0 Å². The number of fused-ring (bicyclic) bond motifs is 1. The molecule has 0 heterocycles. The second-order valence-electron chi connectivity index (χ2n) is 5.28. The molecule has 1 aliphatic rings. The first kappa shape index (κ1) is 16.7. The number of hydrogen-bond acceptors (Lipinski definition) is 5. The van der Waals surface area contributed by atoms with E-state index in [0.29, 0.717) is 11.1 Å². The highest BCUT2D eigenvalue weighted by molar-refractivity contribution is 9.10. The topological polar surface area (TPSA) is 106 Å². The zero-order valence-electron chi connectivity index (χ0n) is 12.1. The van der Waals surface area contributed by atoms with Gasteiger partial charge in [-0.2, -0.15) is 0 Å². The summed E-state index contributed by atoms with van der Waals surface area (Å²) in [4.78, 5) is 22.0. The summed E-state index contributed by atoms with van der Waals surface area (Å²) in [5.41, 5.74) is 0.912. The molecule has 1 N–H and O–H groups in total. The fourth-order valence-electron chi connectivity index (χ4n) is 2.59. The minimum atomic E-state index is -3.90. The molecular formula is C15H11BrN2O5S. The van der Waals surface area contributed by atoms with Crippen molar-refractivity contribution < 1.29 is 18.1 Å². The summed E-state index contributed by atoms with van der Waals surface area (Å²) >= 11 is 3.28. The van der Waals surface area contributed by atoms with Gasteiger partial charge in [0, 0.05) is 28.6 Å². The maximum absolute atomic E-state index is 12.5. The minimum absolute atomic E-state index is 0.0397. The molecule has 0 bridgehead atoms. The summed E-state index contributed by atoms with van der Waals surface area (Å²) in [5.74, 6) is -0.136. The van der Waals surface area contributed by atoms with Gasteiger partial charge < -0.3 is 0 Å². The van der Waals surface area contributed by atoms with Crippen molar-refractivity contribution in [3.05, 3.63) is 68.2 Å². The number of ketones is 1. The average Bonchev–Trinajstić information content (AvgIpc) is 2.82. The van der Waals surface area contributed by atoms with E-state index in [1.54, 1.807) is 18.2 Å². The number of non-ortho nitro benzene ring substituents is 1. The predicted molar refractivity (Wildman–Crippen MR) is 89.2 cm³/mol. The SMILES string of the molecule is O=C1CC(NS(=O)(=O)c2ccc([N+](=O)[O-])cc2)c2ccc(Br)cc21. The minimum Gasteiger partial charge on any atom is -0.294 e. The smallest absolute Gasteiger partial charge is 0.269 e. The Hall–Kier alpha value is -2.10. The van der Waals surface area contributed by atoms with Gasteiger partial charge in [-0.15, -0.1) is 0 Å². The van der Waals surface area contributed by atoms with E-state index >= 15 is 0 Å². The van der Waals surface area contributed by atoms with Crippen molar-refractivity contribution in [2.45, 2.75) is 17.4 Å². The first-order valence-electron chi connectivity index (χ1n) is 6.87. The van der Waals surface area contributed by atoms with Crippen molar-refractivity contribution >= 4 is 37.4 Å². The fraction of sp³-hybridized carbons (Fsp3) is 0.133. The average molecular weight is 411 g/mol. The first-order valence-corrected chi connectivity index (χ1v) is 9.15. The number of halogens is 1. The van der Waals surface area contributed by atoms with Crippen molar-refractivity contribution in [1.29, 1.82) is 0 Å². The van der Waals surface area contributed by atoms with E-state index in [1.807, 2.05) is 0 Å². The number of benzene rings is 2. The summed E-state index contributed by atoms with van der Waals surface area (Å²) in [5, 5.41) is 10.6. The Morgan fingerprint density at radius 2 is 1.83 bits per heavy atom. The Morgan fingerprint density at radius 3 is 2.46 bits per heavy atom. The van der Waals surface area contributed by atoms with E-state index < -0.39 is 21.0 Å². The summed E-state index contributed by atoms with van der Waals surface area (Å²) in [6.45, 7) is 0. The van der Waals surface area contributed by atoms with Crippen LogP contribution >= 0.6 is 15.9 Å². The third-order valence-electron chi connectivity index (χ3n) is 3.74. The van der Waals surface area contributed by atoms with E-state index in [0.717, 1.165) is 16.6 Å². The lowest BCUT2D eigenvalue weighted by atomic mass is 10.1. The predicted octanol–water partition coefficient (Wildman–Crippen LogP) is 2.96. The van der Waals surface area contributed by atoms with Crippen LogP contribution in [0.15, 0.2) is 51.8 Å². The van der Waals surface area contributed by atoms with Crippen molar-refractivity contribution in [1.82, 2.24) is 4.72 Å². The fourth-order valence-corrected chi connectivity index (χ4v) is 4.16. The van der Waals surface area contributed by atoms with Crippen molar-refractivity contribution in [2.75, 3.05) is 0 Å². The number of carbonyl (C=O) groups is 1. The standard InChI is InChI=1S/C15H11BrN2O5S/c16-9-1-6-12-13(7-9)15(19)8-14(12)17-24(22,23)11-4-2-10(3-5-11)18(20)21/h1-7,14,17H,8H2. The molecule has 0 fully saturated rings. The number of carbonyl (C=O) groups excluding carboxylic acids is 1. The molecule has 0 radical (unpaired) electrons. The van der Waals surface area contributed by atoms with Crippen LogP contribution < -0.4 is 4.72 Å². The molecule has 7 nitrogen and oxygen atoms in total. The van der Waals surface area contributed by atoms with E-state index in [9.17, 15) is 23.3 Å². The molecule has 1 aliphatic carbocycles. The Balaban J connectivity index is 1.88. The number of sulfonamides is 1. The summed E-state index contributed by atoms with van der Waals surface area (Å²) in [6.07, 6.45) is 0.0397. The molecule has 0 amide bonds. The second kappa shape index (κ2) is 6.08. The van der Waals surface area contributed by atoms with Gasteiger partial charge in [-0.3, -0.25) is 14.9 Å². The maximum atomic E-state index is 12.5. The molecule has 2 aromatic carbocycles. The van der Waals surface area contributed by atoms with E-state index in [2.05, 4.69) is 20.7 Å². The number of rotatable bonds is 4. The molecule has 1 unspecified atom stereocenters. The molecule has 124 valence electrons. The molecule has 0 aliphatic heterocycles. The van der Waals surface area contributed by atoms with Gasteiger partial charge in [-0.05, 0) is 29.8 Å². The Kier molecular flexibility index (Phi) is 4.24. The van der Waals surface area contributed by atoms with Gasteiger partial charge in [0.25, 0.3) is 5.69 Å². The van der Waals surface area contributed by atoms with Crippen LogP contribution in [0.1, 0.15) is 28.4 Å². The molecule has 1 atom stereocenters. The lowest BCUT2D eigenvalue weighted by Crippen LogP contribution is -2.27. The van der Waals surface area contributed by atoms with Crippen molar-refractivity contribution in [3.8, 4) is 0 Å². The summed E-state index contributed by atoms with van der Waals surface area (Å²) in [6, 6.07) is 9.04. The van der Waals surface area contributed by atoms with Gasteiger partial charge in [0.15, 0.2) is 5.78 Å². The number of hydrogen-bond donors (Lipinski definition) is 1. The van der Waals surface area contributed by atoms with Crippen LogP contribution in [0, 0.1) is 10.1 Å². The van der Waals surface area contributed by atoms with Gasteiger partial charge in [0.1, 0.15) is 0 Å². The maximum Gasteiger partial charge on any atom is 0.269 e. The second-order valence-corrected chi connectivity index (χ2v) is 7.91. The zero-order valence-corrected chi connectivity index (χ0v) is 14.5. The molecule has 9 heteroatoms. The largest absolute Gasteiger partial charge is 0.294 e. The molecule has 2 aromatic rings. The number of nitrogens with one attached hydrogen (secondary N) is 1. The highest BCUT2D eigenvalue weighted by Crippen LogP contribution is 2.34. The lowest BCUT2D eigenvalue weighted by molar-refractivity contribution is -0.384. The number of nitrogens with zero attached hydrogens (tertiary/aromatic N) is 1. The van der Waals surface area contributed by atoms with Crippen LogP contribution in [0.4, 0.5) is 5.69 Å². The van der Waals surface area contributed by atoms with Crippen LogP contribution in [0.3, 0.4) is 0 Å². The zero-order chi connectivity index (χ0) is 17.5. The van der Waals surface area contributed by atoms with Gasteiger partial charge in [0.2, 0.25) is 10.0 Å². The third-order valence-corrected chi connectivity index (χ3v) is 5.72. The Labute approximate surface area is 146 Å². The highest BCUT2D eigenvalue weighted by atomic mass is 79.9. The van der Waals surface area contributed by atoms with Gasteiger partial charge in [-0.1, -0.05) is 22.0 Å². The van der Waals surface area contributed by atoms with Crippen LogP contribution in [-0.4, -0.2) is 19.1 Å².